The Balaban J connectivity index is 1.48. The molecule has 0 aromatic heterocycles. The van der Waals surface area contributed by atoms with Crippen LogP contribution in [0.25, 0.3) is 0 Å². The molecule has 1 saturated carbocycles. The minimum absolute atomic E-state index is 0.0319. The van der Waals surface area contributed by atoms with Gasteiger partial charge < -0.3 is 0 Å². The number of piperazine rings is 1. The van der Waals surface area contributed by atoms with E-state index < -0.39 is 31.8 Å². The zero-order valence-electron chi connectivity index (χ0n) is 18.8. The van der Waals surface area contributed by atoms with Gasteiger partial charge in [0.25, 0.3) is 5.91 Å². The van der Waals surface area contributed by atoms with E-state index in [0.29, 0.717) is 25.2 Å². The van der Waals surface area contributed by atoms with E-state index in [1.165, 1.54) is 34.6 Å². The van der Waals surface area contributed by atoms with Crippen LogP contribution in [0.15, 0.2) is 35.2 Å². The highest BCUT2D eigenvalue weighted by Gasteiger charge is 2.32. The first kappa shape index (κ1) is 26.3. The number of carbonyl (C=O) groups excluding carboxylic acids is 1. The molecule has 1 N–H and O–H groups in total. The summed E-state index contributed by atoms with van der Waals surface area (Å²) >= 11 is 11.9. The quantitative estimate of drug-likeness (QED) is 0.554. The number of benzene rings is 2. The van der Waals surface area contributed by atoms with Crippen molar-refractivity contribution in [1.29, 1.82) is 0 Å². The van der Waals surface area contributed by atoms with Crippen LogP contribution in [0.1, 0.15) is 40.2 Å². The molecule has 1 heterocycles. The van der Waals surface area contributed by atoms with Gasteiger partial charge in [-0.3, -0.25) is 9.69 Å². The maximum atomic E-state index is 14.8. The second kappa shape index (κ2) is 9.95. The fourth-order valence-corrected chi connectivity index (χ4v) is 6.73. The van der Waals surface area contributed by atoms with Crippen molar-refractivity contribution < 1.29 is 26.0 Å². The summed E-state index contributed by atoms with van der Waals surface area (Å²) in [6, 6.07) is 6.91. The first-order valence-corrected chi connectivity index (χ1v) is 15.0. The van der Waals surface area contributed by atoms with Crippen molar-refractivity contribution in [3.05, 3.63) is 62.9 Å². The van der Waals surface area contributed by atoms with E-state index in [9.17, 15) is 26.0 Å². The lowest BCUT2D eigenvalue weighted by Crippen LogP contribution is -2.48. The summed E-state index contributed by atoms with van der Waals surface area (Å²) in [6.45, 7) is 1.71. The highest BCUT2D eigenvalue weighted by atomic mass is 35.5. The van der Waals surface area contributed by atoms with Crippen LogP contribution in [0, 0.1) is 5.82 Å². The average molecular weight is 564 g/mol. The number of hydrogen-bond donors (Lipinski definition) is 1. The van der Waals surface area contributed by atoms with E-state index in [0.717, 1.165) is 24.7 Å². The van der Waals surface area contributed by atoms with Crippen LogP contribution < -0.4 is 4.72 Å². The number of nitrogens with zero attached hydrogens (tertiary/aromatic N) is 2. The molecular formula is C22H24Cl2FN3O5S2. The molecule has 0 atom stereocenters. The van der Waals surface area contributed by atoms with Crippen molar-refractivity contribution in [1.82, 2.24) is 13.9 Å². The molecule has 35 heavy (non-hydrogen) atoms. The van der Waals surface area contributed by atoms with Crippen LogP contribution in [0.5, 0.6) is 0 Å². The van der Waals surface area contributed by atoms with Gasteiger partial charge in [0.1, 0.15) is 5.82 Å². The Hall–Kier alpha value is -1.76. The van der Waals surface area contributed by atoms with E-state index in [1.54, 1.807) is 4.72 Å². The predicted octanol–water partition coefficient (Wildman–Crippen LogP) is 3.21. The molecule has 2 aromatic rings. The lowest BCUT2D eigenvalue weighted by molar-refractivity contribution is 0.0977. The van der Waals surface area contributed by atoms with Crippen molar-refractivity contribution in [3.8, 4) is 0 Å². The van der Waals surface area contributed by atoms with Crippen LogP contribution in [-0.2, 0) is 26.6 Å². The SMILES string of the molecule is CS(=O)(=O)NC(=O)c1cc(C2CC2)c(CN2CCN(S(=O)(=O)c3cc(Cl)cc(Cl)c3)CC2)cc1F. The van der Waals surface area contributed by atoms with E-state index in [1.807, 2.05) is 4.90 Å². The summed E-state index contributed by atoms with van der Waals surface area (Å²) in [6.07, 6.45) is 2.64. The zero-order valence-corrected chi connectivity index (χ0v) is 21.9. The van der Waals surface area contributed by atoms with Gasteiger partial charge in [-0.25, -0.2) is 25.9 Å². The second-order valence-corrected chi connectivity index (χ2v) is 13.4. The third-order valence-electron chi connectivity index (χ3n) is 5.97. The van der Waals surface area contributed by atoms with Gasteiger partial charge in [0.2, 0.25) is 20.0 Å². The van der Waals surface area contributed by atoms with Crippen LogP contribution in [0.2, 0.25) is 10.0 Å². The largest absolute Gasteiger partial charge is 0.296 e. The number of sulfonamides is 2. The van der Waals surface area contributed by atoms with Gasteiger partial charge in [-0.05, 0) is 60.2 Å². The molecule has 1 saturated heterocycles. The average Bonchev–Trinajstić information content (AvgIpc) is 3.57. The molecule has 4 rings (SSSR count). The Morgan fingerprint density at radius 2 is 1.60 bits per heavy atom. The normalized spacial score (nSPS) is 17.9. The number of nitrogens with one attached hydrogen (secondary N) is 1. The summed E-state index contributed by atoms with van der Waals surface area (Å²) in [5.74, 6) is -1.62. The molecule has 1 amide bonds. The van der Waals surface area contributed by atoms with Crippen molar-refractivity contribution >= 4 is 49.2 Å². The van der Waals surface area contributed by atoms with Crippen LogP contribution in [0.4, 0.5) is 4.39 Å². The van der Waals surface area contributed by atoms with Crippen molar-refractivity contribution in [2.45, 2.75) is 30.2 Å². The molecular weight excluding hydrogens is 540 g/mol. The van der Waals surface area contributed by atoms with Crippen molar-refractivity contribution in [3.63, 3.8) is 0 Å². The summed E-state index contributed by atoms with van der Waals surface area (Å²) in [5, 5.41) is 0.469. The van der Waals surface area contributed by atoms with Gasteiger partial charge in [0.05, 0.1) is 16.7 Å². The lowest BCUT2D eigenvalue weighted by Gasteiger charge is -2.34. The maximum Gasteiger partial charge on any atom is 0.267 e. The van der Waals surface area contributed by atoms with Crippen LogP contribution in [0.3, 0.4) is 0 Å². The summed E-state index contributed by atoms with van der Waals surface area (Å²) in [4.78, 5) is 14.3. The Morgan fingerprint density at radius 3 is 2.14 bits per heavy atom. The molecule has 0 spiro atoms. The number of rotatable bonds is 7. The Morgan fingerprint density at radius 1 is 1.00 bits per heavy atom. The van der Waals surface area contributed by atoms with Gasteiger partial charge in [-0.15, -0.1) is 0 Å². The molecule has 2 aliphatic rings. The minimum atomic E-state index is -3.82. The monoisotopic (exact) mass is 563 g/mol. The van der Waals surface area contributed by atoms with Crippen molar-refractivity contribution in [2.24, 2.45) is 0 Å². The number of hydrogen-bond acceptors (Lipinski definition) is 6. The summed E-state index contributed by atoms with van der Waals surface area (Å²) < 4.78 is 66.8. The zero-order chi connectivity index (χ0) is 25.5. The fraction of sp³-hybridized carbons (Fsp3) is 0.409. The van der Waals surface area contributed by atoms with Gasteiger partial charge >= 0.3 is 0 Å². The molecule has 190 valence electrons. The molecule has 2 aromatic carbocycles. The topological polar surface area (TPSA) is 104 Å². The van der Waals surface area contributed by atoms with Crippen LogP contribution in [-0.4, -0.2) is 64.4 Å². The molecule has 8 nitrogen and oxygen atoms in total. The van der Waals surface area contributed by atoms with Crippen molar-refractivity contribution in [2.75, 3.05) is 32.4 Å². The fourth-order valence-electron chi connectivity index (χ4n) is 4.14. The minimum Gasteiger partial charge on any atom is -0.296 e. The molecule has 2 fully saturated rings. The van der Waals surface area contributed by atoms with E-state index in [2.05, 4.69) is 0 Å². The molecule has 0 unspecified atom stereocenters. The first-order chi connectivity index (χ1) is 16.3. The second-order valence-electron chi connectivity index (χ2n) is 8.79. The third kappa shape index (κ3) is 6.33. The Kier molecular flexibility index (Phi) is 7.48. The van der Waals surface area contributed by atoms with Gasteiger partial charge in [0, 0.05) is 42.8 Å². The predicted molar refractivity (Wildman–Crippen MR) is 131 cm³/mol. The Labute approximate surface area is 214 Å². The van der Waals surface area contributed by atoms with Gasteiger partial charge in [0.15, 0.2) is 0 Å². The lowest BCUT2D eigenvalue weighted by atomic mass is 9.98. The summed E-state index contributed by atoms with van der Waals surface area (Å²) in [7, 11) is -7.59. The first-order valence-electron chi connectivity index (χ1n) is 10.9. The number of carbonyl (C=O) groups is 1. The molecule has 1 aliphatic carbocycles. The highest BCUT2D eigenvalue weighted by Crippen LogP contribution is 2.43. The summed E-state index contributed by atoms with van der Waals surface area (Å²) in [5.41, 5.74) is 1.21. The standard InChI is InChI=1S/C22H24Cl2FN3O5S2/c1-34(30,31)26-22(29)20-12-19(14-2-3-14)15(8-21(20)25)13-27-4-6-28(7-5-27)35(32,33)18-10-16(23)9-17(24)11-18/h8-12,14H,2-7,13H2,1H3,(H,26,29). The smallest absolute Gasteiger partial charge is 0.267 e. The third-order valence-corrected chi connectivity index (χ3v) is 8.84. The van der Waals surface area contributed by atoms with E-state index in [-0.39, 0.29) is 39.5 Å². The van der Waals surface area contributed by atoms with E-state index in [4.69, 9.17) is 23.2 Å². The van der Waals surface area contributed by atoms with Gasteiger partial charge in [-0.2, -0.15) is 4.31 Å². The Bertz CT molecular complexity index is 1350. The number of halogens is 3. The molecule has 1 aliphatic heterocycles. The molecule has 13 heteroatoms. The maximum absolute atomic E-state index is 14.8. The molecule has 0 bridgehead atoms. The molecule has 0 radical (unpaired) electrons. The van der Waals surface area contributed by atoms with E-state index >= 15 is 0 Å². The van der Waals surface area contributed by atoms with Crippen LogP contribution >= 0.6 is 23.2 Å². The highest BCUT2D eigenvalue weighted by molar-refractivity contribution is 7.89. The van der Waals surface area contributed by atoms with Gasteiger partial charge in [-0.1, -0.05) is 23.2 Å². The number of amides is 1.